The number of phenols is 1. The second kappa shape index (κ2) is 4.57. The molecule has 0 spiro atoms. The van der Waals surface area contributed by atoms with Gasteiger partial charge in [0.2, 0.25) is 6.43 Å². The normalized spacial score (nSPS) is 13.2. The molecule has 0 aliphatic rings. The SMILES string of the molecule is N[C@H](CC(F)F)c1cc(Cl)ccc1O. The van der Waals surface area contributed by atoms with E-state index >= 15 is 0 Å². The molecule has 0 heterocycles. The third-order valence-electron chi connectivity index (χ3n) is 1.82. The lowest BCUT2D eigenvalue weighted by Gasteiger charge is -2.13. The van der Waals surface area contributed by atoms with Gasteiger partial charge in [-0.05, 0) is 18.2 Å². The van der Waals surface area contributed by atoms with Gasteiger partial charge in [0.15, 0.2) is 0 Å². The van der Waals surface area contributed by atoms with Crippen molar-refractivity contribution < 1.29 is 13.9 Å². The quantitative estimate of drug-likeness (QED) is 0.825. The zero-order valence-corrected chi connectivity index (χ0v) is 8.01. The van der Waals surface area contributed by atoms with Gasteiger partial charge in [-0.25, -0.2) is 8.78 Å². The van der Waals surface area contributed by atoms with E-state index in [4.69, 9.17) is 17.3 Å². The first-order valence-electron chi connectivity index (χ1n) is 4.03. The van der Waals surface area contributed by atoms with E-state index in [-0.39, 0.29) is 11.3 Å². The Kier molecular flexibility index (Phi) is 3.66. The smallest absolute Gasteiger partial charge is 0.240 e. The van der Waals surface area contributed by atoms with Crippen molar-refractivity contribution in [3.05, 3.63) is 28.8 Å². The van der Waals surface area contributed by atoms with Crippen LogP contribution in [-0.4, -0.2) is 11.5 Å². The van der Waals surface area contributed by atoms with E-state index < -0.39 is 18.9 Å². The number of hydrogen-bond acceptors (Lipinski definition) is 2. The van der Waals surface area contributed by atoms with Gasteiger partial charge >= 0.3 is 0 Å². The molecule has 2 nitrogen and oxygen atoms in total. The molecule has 14 heavy (non-hydrogen) atoms. The summed E-state index contributed by atoms with van der Waals surface area (Å²) >= 11 is 5.64. The predicted octanol–water partition coefficient (Wildman–Crippen LogP) is 2.70. The Morgan fingerprint density at radius 3 is 2.64 bits per heavy atom. The molecule has 78 valence electrons. The lowest BCUT2D eigenvalue weighted by atomic mass is 10.0. The summed E-state index contributed by atoms with van der Waals surface area (Å²) in [4.78, 5) is 0. The Bertz CT molecular complexity index is 320. The van der Waals surface area contributed by atoms with Crippen LogP contribution >= 0.6 is 11.6 Å². The highest BCUT2D eigenvalue weighted by molar-refractivity contribution is 6.30. The Balaban J connectivity index is 2.88. The van der Waals surface area contributed by atoms with E-state index in [0.29, 0.717) is 5.02 Å². The summed E-state index contributed by atoms with van der Waals surface area (Å²) in [5, 5.41) is 9.70. The van der Waals surface area contributed by atoms with E-state index in [0.717, 1.165) is 0 Å². The Labute approximate surface area is 85.3 Å². The second-order valence-electron chi connectivity index (χ2n) is 2.94. The highest BCUT2D eigenvalue weighted by Crippen LogP contribution is 2.28. The number of nitrogens with two attached hydrogens (primary N) is 1. The Morgan fingerprint density at radius 2 is 2.07 bits per heavy atom. The van der Waals surface area contributed by atoms with Crippen LogP contribution in [0.5, 0.6) is 5.75 Å². The number of alkyl halides is 2. The molecule has 5 heteroatoms. The van der Waals surface area contributed by atoms with Crippen LogP contribution in [-0.2, 0) is 0 Å². The predicted molar refractivity (Wildman–Crippen MR) is 50.7 cm³/mol. The monoisotopic (exact) mass is 221 g/mol. The van der Waals surface area contributed by atoms with Gasteiger partial charge in [-0.3, -0.25) is 0 Å². The minimum atomic E-state index is -2.50. The molecule has 1 aromatic carbocycles. The van der Waals surface area contributed by atoms with Gasteiger partial charge in [0.1, 0.15) is 5.75 Å². The number of halogens is 3. The van der Waals surface area contributed by atoms with E-state index in [1.54, 1.807) is 0 Å². The highest BCUT2D eigenvalue weighted by Gasteiger charge is 2.16. The molecule has 0 aliphatic carbocycles. The first-order valence-corrected chi connectivity index (χ1v) is 4.40. The van der Waals surface area contributed by atoms with Crippen LogP contribution in [0.4, 0.5) is 8.78 Å². The van der Waals surface area contributed by atoms with Crippen LogP contribution in [0.2, 0.25) is 5.02 Å². The topological polar surface area (TPSA) is 46.2 Å². The van der Waals surface area contributed by atoms with Gasteiger partial charge in [0.05, 0.1) is 0 Å². The maximum absolute atomic E-state index is 12.0. The summed E-state index contributed by atoms with van der Waals surface area (Å²) in [5.41, 5.74) is 5.71. The molecule has 0 saturated carbocycles. The number of hydrogen-bond donors (Lipinski definition) is 2. The molecule has 0 bridgehead atoms. The van der Waals surface area contributed by atoms with Gasteiger partial charge in [-0.15, -0.1) is 0 Å². The van der Waals surface area contributed by atoms with Crippen molar-refractivity contribution in [2.45, 2.75) is 18.9 Å². The summed E-state index contributed by atoms with van der Waals surface area (Å²) in [5.74, 6) is -0.109. The van der Waals surface area contributed by atoms with Gasteiger partial charge in [0.25, 0.3) is 0 Å². The van der Waals surface area contributed by atoms with Crippen molar-refractivity contribution >= 4 is 11.6 Å². The number of benzene rings is 1. The second-order valence-corrected chi connectivity index (χ2v) is 3.37. The molecule has 0 amide bonds. The van der Waals surface area contributed by atoms with Gasteiger partial charge in [-0.1, -0.05) is 11.6 Å². The van der Waals surface area contributed by atoms with Crippen LogP contribution in [0.25, 0.3) is 0 Å². The fraction of sp³-hybridized carbons (Fsp3) is 0.333. The maximum atomic E-state index is 12.0. The number of rotatable bonds is 3. The van der Waals surface area contributed by atoms with Crippen LogP contribution in [0.1, 0.15) is 18.0 Å². The lowest BCUT2D eigenvalue weighted by molar-refractivity contribution is 0.128. The first-order chi connectivity index (χ1) is 6.50. The van der Waals surface area contributed by atoms with Crippen LogP contribution in [0.3, 0.4) is 0 Å². The summed E-state index contributed by atoms with van der Waals surface area (Å²) in [7, 11) is 0. The minimum absolute atomic E-state index is 0.109. The molecular formula is C9H10ClF2NO. The molecule has 1 rings (SSSR count). The molecule has 0 fully saturated rings. The third kappa shape index (κ3) is 2.82. The highest BCUT2D eigenvalue weighted by atomic mass is 35.5. The number of phenolic OH excluding ortho intramolecular Hbond substituents is 1. The van der Waals surface area contributed by atoms with E-state index in [1.807, 2.05) is 0 Å². The van der Waals surface area contributed by atoms with E-state index in [9.17, 15) is 13.9 Å². The van der Waals surface area contributed by atoms with Crippen LogP contribution in [0.15, 0.2) is 18.2 Å². The summed E-state index contributed by atoms with van der Waals surface area (Å²) in [6.45, 7) is 0. The van der Waals surface area contributed by atoms with E-state index in [2.05, 4.69) is 0 Å². The van der Waals surface area contributed by atoms with Crippen LogP contribution in [0, 0.1) is 0 Å². The van der Waals surface area contributed by atoms with Crippen molar-refractivity contribution in [1.82, 2.24) is 0 Å². The fourth-order valence-electron chi connectivity index (χ4n) is 1.14. The zero-order chi connectivity index (χ0) is 10.7. The average molecular weight is 222 g/mol. The van der Waals surface area contributed by atoms with Crippen molar-refractivity contribution in [1.29, 1.82) is 0 Å². The largest absolute Gasteiger partial charge is 0.508 e. The molecule has 1 aromatic rings. The molecule has 1 atom stereocenters. The molecule has 0 unspecified atom stereocenters. The Morgan fingerprint density at radius 1 is 1.43 bits per heavy atom. The average Bonchev–Trinajstić information content (AvgIpc) is 2.08. The van der Waals surface area contributed by atoms with Crippen molar-refractivity contribution in [3.63, 3.8) is 0 Å². The third-order valence-corrected chi connectivity index (χ3v) is 2.06. The fourth-order valence-corrected chi connectivity index (χ4v) is 1.32. The van der Waals surface area contributed by atoms with Crippen molar-refractivity contribution in [2.24, 2.45) is 5.73 Å². The number of aromatic hydroxyl groups is 1. The lowest BCUT2D eigenvalue weighted by Crippen LogP contribution is -2.14. The van der Waals surface area contributed by atoms with Crippen LogP contribution < -0.4 is 5.73 Å². The summed E-state index contributed by atoms with van der Waals surface area (Å²) < 4.78 is 24.0. The molecule has 0 aliphatic heterocycles. The molecule has 0 saturated heterocycles. The standard InChI is InChI=1S/C9H10ClF2NO/c10-5-1-2-8(14)6(3-5)7(13)4-9(11)12/h1-3,7,9,14H,4,13H2/t7-/m1/s1. The van der Waals surface area contributed by atoms with Crippen molar-refractivity contribution in [2.75, 3.05) is 0 Å². The maximum Gasteiger partial charge on any atom is 0.240 e. The molecule has 3 N–H and O–H groups in total. The van der Waals surface area contributed by atoms with Gasteiger partial charge < -0.3 is 10.8 Å². The van der Waals surface area contributed by atoms with Gasteiger partial charge in [-0.2, -0.15) is 0 Å². The minimum Gasteiger partial charge on any atom is -0.508 e. The molecule has 0 radical (unpaired) electrons. The summed E-state index contributed by atoms with van der Waals surface area (Å²) in [6.07, 6.45) is -2.99. The van der Waals surface area contributed by atoms with Crippen molar-refractivity contribution in [3.8, 4) is 5.75 Å². The first kappa shape index (κ1) is 11.2. The Hall–Kier alpha value is -0.870. The van der Waals surface area contributed by atoms with Gasteiger partial charge in [0, 0.05) is 23.0 Å². The van der Waals surface area contributed by atoms with E-state index in [1.165, 1.54) is 18.2 Å². The molecular weight excluding hydrogens is 212 g/mol. The molecule has 0 aromatic heterocycles. The summed E-state index contributed by atoms with van der Waals surface area (Å²) in [6, 6.07) is 3.30. The zero-order valence-electron chi connectivity index (χ0n) is 7.25.